The van der Waals surface area contributed by atoms with Crippen molar-refractivity contribution >= 4 is 27.2 Å². The Kier molecular flexibility index (Phi) is 3.48. The van der Waals surface area contributed by atoms with Gasteiger partial charge in [0.25, 0.3) is 0 Å². The van der Waals surface area contributed by atoms with Gasteiger partial charge in [-0.05, 0) is 57.0 Å². The van der Waals surface area contributed by atoms with Crippen molar-refractivity contribution in [2.45, 2.75) is 19.8 Å². The van der Waals surface area contributed by atoms with E-state index in [0.29, 0.717) is 0 Å². The molecule has 0 amide bonds. The SMILES string of the molecule is Cc1nc2ccc(NCC3CCNCC3)cc2s1. The molecule has 4 heteroatoms. The van der Waals surface area contributed by atoms with Gasteiger partial charge in [-0.2, -0.15) is 0 Å². The highest BCUT2D eigenvalue weighted by atomic mass is 32.1. The predicted octanol–water partition coefficient (Wildman–Crippen LogP) is 3.02. The number of rotatable bonds is 3. The Bertz CT molecular complexity index is 529. The molecule has 1 aromatic heterocycles. The fourth-order valence-corrected chi connectivity index (χ4v) is 3.36. The molecule has 96 valence electrons. The molecule has 1 saturated heterocycles. The first kappa shape index (κ1) is 11.9. The summed E-state index contributed by atoms with van der Waals surface area (Å²) in [5, 5.41) is 8.11. The van der Waals surface area contributed by atoms with Gasteiger partial charge in [-0.15, -0.1) is 11.3 Å². The summed E-state index contributed by atoms with van der Waals surface area (Å²) in [7, 11) is 0. The first-order valence-corrected chi connectivity index (χ1v) is 7.45. The third-order valence-electron chi connectivity index (χ3n) is 3.55. The molecule has 1 aliphatic rings. The fraction of sp³-hybridized carbons (Fsp3) is 0.500. The maximum Gasteiger partial charge on any atom is 0.0907 e. The molecule has 1 aromatic carbocycles. The van der Waals surface area contributed by atoms with Crippen LogP contribution in [0.1, 0.15) is 17.8 Å². The maximum absolute atomic E-state index is 4.49. The summed E-state index contributed by atoms with van der Waals surface area (Å²) >= 11 is 1.77. The van der Waals surface area contributed by atoms with Gasteiger partial charge in [-0.3, -0.25) is 0 Å². The lowest BCUT2D eigenvalue weighted by atomic mass is 9.98. The van der Waals surface area contributed by atoms with Crippen molar-refractivity contribution in [3.63, 3.8) is 0 Å². The van der Waals surface area contributed by atoms with Crippen LogP contribution in [0.2, 0.25) is 0 Å². The Morgan fingerprint density at radius 1 is 1.39 bits per heavy atom. The second kappa shape index (κ2) is 5.24. The molecule has 0 aliphatic carbocycles. The van der Waals surface area contributed by atoms with Crippen LogP contribution in [0.3, 0.4) is 0 Å². The number of aromatic nitrogens is 1. The first-order chi connectivity index (χ1) is 8.81. The quantitative estimate of drug-likeness (QED) is 0.892. The van der Waals surface area contributed by atoms with Gasteiger partial charge in [0.1, 0.15) is 0 Å². The minimum Gasteiger partial charge on any atom is -0.385 e. The summed E-state index contributed by atoms with van der Waals surface area (Å²) < 4.78 is 1.28. The van der Waals surface area contributed by atoms with Gasteiger partial charge in [0.2, 0.25) is 0 Å². The van der Waals surface area contributed by atoms with Crippen LogP contribution in [-0.4, -0.2) is 24.6 Å². The second-order valence-electron chi connectivity index (χ2n) is 4.99. The standard InChI is InChI=1S/C14H19N3S/c1-10-17-13-3-2-12(8-14(13)18-10)16-9-11-4-6-15-7-5-11/h2-3,8,11,15-16H,4-7,9H2,1H3. The summed E-state index contributed by atoms with van der Waals surface area (Å²) in [6.45, 7) is 5.48. The number of nitrogens with zero attached hydrogens (tertiary/aromatic N) is 1. The number of piperidine rings is 1. The minimum atomic E-state index is 0.810. The number of nitrogens with one attached hydrogen (secondary N) is 2. The summed E-state index contributed by atoms with van der Waals surface area (Å²) in [5.74, 6) is 0.810. The number of thiazole rings is 1. The van der Waals surface area contributed by atoms with E-state index in [1.807, 2.05) is 0 Å². The summed E-state index contributed by atoms with van der Waals surface area (Å²) in [5.41, 5.74) is 2.34. The number of aryl methyl sites for hydroxylation is 1. The Morgan fingerprint density at radius 2 is 2.22 bits per heavy atom. The highest BCUT2D eigenvalue weighted by Crippen LogP contribution is 2.25. The first-order valence-electron chi connectivity index (χ1n) is 6.63. The van der Waals surface area contributed by atoms with Crippen LogP contribution in [-0.2, 0) is 0 Å². The molecule has 3 nitrogen and oxygen atoms in total. The van der Waals surface area contributed by atoms with Crippen molar-refractivity contribution in [1.29, 1.82) is 0 Å². The number of hydrogen-bond acceptors (Lipinski definition) is 4. The van der Waals surface area contributed by atoms with Gasteiger partial charge in [0, 0.05) is 12.2 Å². The van der Waals surface area contributed by atoms with Crippen LogP contribution in [0.15, 0.2) is 18.2 Å². The second-order valence-corrected chi connectivity index (χ2v) is 6.22. The van der Waals surface area contributed by atoms with E-state index in [1.54, 1.807) is 11.3 Å². The van der Waals surface area contributed by atoms with E-state index in [9.17, 15) is 0 Å². The topological polar surface area (TPSA) is 37.0 Å². The average molecular weight is 261 g/mol. The number of benzene rings is 1. The molecule has 0 radical (unpaired) electrons. The highest BCUT2D eigenvalue weighted by molar-refractivity contribution is 7.18. The number of hydrogen-bond donors (Lipinski definition) is 2. The number of fused-ring (bicyclic) bond motifs is 1. The minimum absolute atomic E-state index is 0.810. The van der Waals surface area contributed by atoms with Gasteiger partial charge in [0.05, 0.1) is 15.2 Å². The molecule has 1 aliphatic heterocycles. The van der Waals surface area contributed by atoms with Gasteiger partial charge >= 0.3 is 0 Å². The zero-order valence-corrected chi connectivity index (χ0v) is 11.5. The van der Waals surface area contributed by atoms with Crippen LogP contribution in [0.4, 0.5) is 5.69 Å². The molecule has 3 rings (SSSR count). The van der Waals surface area contributed by atoms with E-state index in [4.69, 9.17) is 0 Å². The van der Waals surface area contributed by atoms with Crippen molar-refractivity contribution in [3.8, 4) is 0 Å². The number of anilines is 1. The van der Waals surface area contributed by atoms with Crippen LogP contribution in [0.25, 0.3) is 10.2 Å². The molecular weight excluding hydrogens is 242 g/mol. The smallest absolute Gasteiger partial charge is 0.0907 e. The Labute approximate surface area is 112 Å². The predicted molar refractivity (Wildman–Crippen MR) is 78.4 cm³/mol. The monoisotopic (exact) mass is 261 g/mol. The van der Waals surface area contributed by atoms with E-state index < -0.39 is 0 Å². The zero-order chi connectivity index (χ0) is 12.4. The normalized spacial score (nSPS) is 17.2. The molecule has 2 heterocycles. The molecule has 0 spiro atoms. The van der Waals surface area contributed by atoms with Gasteiger partial charge in [0.15, 0.2) is 0 Å². The molecule has 2 aromatic rings. The Hall–Kier alpha value is -1.13. The molecule has 0 bridgehead atoms. The van der Waals surface area contributed by atoms with Gasteiger partial charge in [-0.1, -0.05) is 0 Å². The maximum atomic E-state index is 4.49. The molecule has 0 saturated carbocycles. The Morgan fingerprint density at radius 3 is 3.06 bits per heavy atom. The molecular formula is C14H19N3S. The van der Waals surface area contributed by atoms with Crippen molar-refractivity contribution in [1.82, 2.24) is 10.3 Å². The van der Waals surface area contributed by atoms with E-state index in [1.165, 1.54) is 36.3 Å². The highest BCUT2D eigenvalue weighted by Gasteiger charge is 2.12. The van der Waals surface area contributed by atoms with Crippen molar-refractivity contribution in [3.05, 3.63) is 23.2 Å². The van der Waals surface area contributed by atoms with Crippen LogP contribution < -0.4 is 10.6 Å². The van der Waals surface area contributed by atoms with Crippen LogP contribution in [0, 0.1) is 12.8 Å². The molecule has 0 atom stereocenters. The van der Waals surface area contributed by atoms with E-state index >= 15 is 0 Å². The average Bonchev–Trinajstić information content (AvgIpc) is 2.77. The van der Waals surface area contributed by atoms with Crippen molar-refractivity contribution in [2.75, 3.05) is 25.0 Å². The fourth-order valence-electron chi connectivity index (χ4n) is 2.50. The lowest BCUT2D eigenvalue weighted by molar-refractivity contribution is 0.390. The molecule has 18 heavy (non-hydrogen) atoms. The third kappa shape index (κ3) is 2.65. The largest absolute Gasteiger partial charge is 0.385 e. The zero-order valence-electron chi connectivity index (χ0n) is 10.7. The van der Waals surface area contributed by atoms with Crippen molar-refractivity contribution in [2.24, 2.45) is 5.92 Å². The third-order valence-corrected chi connectivity index (χ3v) is 4.48. The molecule has 0 unspecified atom stereocenters. The van der Waals surface area contributed by atoms with Gasteiger partial charge in [-0.25, -0.2) is 4.98 Å². The lowest BCUT2D eigenvalue weighted by Gasteiger charge is -2.23. The summed E-state index contributed by atoms with van der Waals surface area (Å²) in [4.78, 5) is 4.49. The summed E-state index contributed by atoms with van der Waals surface area (Å²) in [6.07, 6.45) is 2.57. The van der Waals surface area contributed by atoms with E-state index in [0.717, 1.165) is 23.0 Å². The molecule has 2 N–H and O–H groups in total. The molecule has 1 fully saturated rings. The van der Waals surface area contributed by atoms with Crippen LogP contribution in [0.5, 0.6) is 0 Å². The van der Waals surface area contributed by atoms with Crippen LogP contribution >= 0.6 is 11.3 Å². The van der Waals surface area contributed by atoms with E-state index in [2.05, 4.69) is 40.7 Å². The van der Waals surface area contributed by atoms with E-state index in [-0.39, 0.29) is 0 Å². The lowest BCUT2D eigenvalue weighted by Crippen LogP contribution is -2.31. The summed E-state index contributed by atoms with van der Waals surface area (Å²) in [6, 6.07) is 6.48. The Balaban J connectivity index is 1.66. The van der Waals surface area contributed by atoms with Crippen molar-refractivity contribution < 1.29 is 0 Å². The van der Waals surface area contributed by atoms with Gasteiger partial charge < -0.3 is 10.6 Å².